The number of rotatable bonds is 3. The first-order valence-corrected chi connectivity index (χ1v) is 10.2. The van der Waals surface area contributed by atoms with Crippen LogP contribution in [-0.4, -0.2) is 11.7 Å². The van der Waals surface area contributed by atoms with Gasteiger partial charge in [-0.2, -0.15) is 5.10 Å². The molecule has 0 spiro atoms. The van der Waals surface area contributed by atoms with Gasteiger partial charge in [-0.3, -0.25) is 0 Å². The summed E-state index contributed by atoms with van der Waals surface area (Å²) >= 11 is 13.7. The Morgan fingerprint density at radius 1 is 1.14 bits per heavy atom. The quantitative estimate of drug-likeness (QED) is 0.437. The predicted molar refractivity (Wildman–Crippen MR) is 117 cm³/mol. The van der Waals surface area contributed by atoms with Gasteiger partial charge >= 0.3 is 6.03 Å². The first-order chi connectivity index (χ1) is 13.6. The van der Waals surface area contributed by atoms with Gasteiger partial charge in [-0.1, -0.05) is 47.5 Å². The highest BCUT2D eigenvalue weighted by atomic mass is 35.5. The topological polar surface area (TPSA) is 65.5 Å². The minimum absolute atomic E-state index is 0.115. The molecule has 0 saturated carbocycles. The molecule has 1 aromatic heterocycles. The maximum atomic E-state index is 12.3. The van der Waals surface area contributed by atoms with Crippen LogP contribution in [0, 0.1) is 0 Å². The summed E-state index contributed by atoms with van der Waals surface area (Å²) in [6.07, 6.45) is 0.666. The average molecular weight is 431 g/mol. The van der Waals surface area contributed by atoms with Crippen molar-refractivity contribution in [2.24, 2.45) is 5.10 Å². The van der Waals surface area contributed by atoms with Crippen LogP contribution in [0.4, 0.5) is 16.2 Å². The van der Waals surface area contributed by atoms with Crippen molar-refractivity contribution in [1.82, 2.24) is 5.43 Å². The summed E-state index contributed by atoms with van der Waals surface area (Å²) in [5, 5.41) is 13.5. The number of halogens is 2. The highest BCUT2D eigenvalue weighted by Gasteiger charge is 2.24. The van der Waals surface area contributed by atoms with Crippen molar-refractivity contribution in [3.63, 3.8) is 0 Å². The summed E-state index contributed by atoms with van der Waals surface area (Å²) in [6.45, 7) is 0. The Morgan fingerprint density at radius 2 is 2.00 bits per heavy atom. The predicted octanol–water partition coefficient (Wildman–Crippen LogP) is 6.14. The van der Waals surface area contributed by atoms with Crippen molar-refractivity contribution in [3.05, 3.63) is 80.5 Å². The van der Waals surface area contributed by atoms with Gasteiger partial charge in [-0.25, -0.2) is 10.2 Å². The Morgan fingerprint density at radius 3 is 2.79 bits per heavy atom. The zero-order valence-corrected chi connectivity index (χ0v) is 16.9. The minimum Gasteiger partial charge on any atom is -0.376 e. The summed E-state index contributed by atoms with van der Waals surface area (Å²) in [5.74, 6) is 0. The van der Waals surface area contributed by atoms with Crippen LogP contribution in [0.15, 0.2) is 65.1 Å². The van der Waals surface area contributed by atoms with E-state index in [9.17, 15) is 4.79 Å². The Labute approximate surface area is 176 Å². The number of para-hydroxylation sites is 1. The van der Waals surface area contributed by atoms with E-state index in [0.29, 0.717) is 22.2 Å². The fourth-order valence-electron chi connectivity index (χ4n) is 3.03. The fourth-order valence-corrected chi connectivity index (χ4v) is 4.26. The van der Waals surface area contributed by atoms with Gasteiger partial charge in [0.25, 0.3) is 0 Å². The number of nitrogens with zero attached hydrogens (tertiary/aromatic N) is 1. The molecule has 0 aliphatic carbocycles. The van der Waals surface area contributed by atoms with Crippen LogP contribution in [-0.2, 0) is 0 Å². The molecule has 5 nitrogen and oxygen atoms in total. The molecule has 2 heterocycles. The average Bonchev–Trinajstić information content (AvgIpc) is 3.23. The number of thiophene rings is 1. The van der Waals surface area contributed by atoms with Crippen molar-refractivity contribution in [3.8, 4) is 0 Å². The van der Waals surface area contributed by atoms with Crippen LogP contribution in [0.1, 0.15) is 22.9 Å². The third-order valence-electron chi connectivity index (χ3n) is 4.32. The van der Waals surface area contributed by atoms with E-state index in [1.165, 1.54) is 4.88 Å². The lowest BCUT2D eigenvalue weighted by molar-refractivity contribution is 0.252. The molecule has 0 fully saturated rings. The number of hydrogen-bond donors (Lipinski definition) is 3. The molecule has 0 saturated heterocycles. The van der Waals surface area contributed by atoms with E-state index in [2.05, 4.69) is 32.6 Å². The van der Waals surface area contributed by atoms with Gasteiger partial charge in [0.15, 0.2) is 0 Å². The molecule has 1 unspecified atom stereocenters. The molecular formula is C20H16Cl2N4OS. The maximum Gasteiger partial charge on any atom is 0.339 e. The van der Waals surface area contributed by atoms with Crippen molar-refractivity contribution in [2.75, 3.05) is 10.6 Å². The van der Waals surface area contributed by atoms with E-state index >= 15 is 0 Å². The van der Waals surface area contributed by atoms with Gasteiger partial charge in [0, 0.05) is 27.6 Å². The molecule has 28 heavy (non-hydrogen) atoms. The molecule has 8 heteroatoms. The summed E-state index contributed by atoms with van der Waals surface area (Å²) in [5.41, 5.74) is 5.81. The van der Waals surface area contributed by atoms with E-state index in [1.807, 2.05) is 30.3 Å². The van der Waals surface area contributed by atoms with Crippen LogP contribution in [0.25, 0.3) is 0 Å². The number of urea groups is 1. The largest absolute Gasteiger partial charge is 0.376 e. The zero-order chi connectivity index (χ0) is 19.5. The maximum absolute atomic E-state index is 12.3. The number of carbonyl (C=O) groups is 1. The smallest absolute Gasteiger partial charge is 0.339 e. The number of nitrogens with one attached hydrogen (secondary N) is 3. The summed E-state index contributed by atoms with van der Waals surface area (Å²) < 4.78 is 0. The molecule has 0 radical (unpaired) electrons. The van der Waals surface area contributed by atoms with Gasteiger partial charge in [0.2, 0.25) is 0 Å². The van der Waals surface area contributed by atoms with E-state index in [1.54, 1.807) is 29.5 Å². The van der Waals surface area contributed by atoms with Crippen molar-refractivity contribution in [1.29, 1.82) is 0 Å². The van der Waals surface area contributed by atoms with Crippen LogP contribution in [0.3, 0.4) is 0 Å². The lowest BCUT2D eigenvalue weighted by Gasteiger charge is -2.27. The Bertz CT molecular complexity index is 1040. The Hall–Kier alpha value is -2.54. The van der Waals surface area contributed by atoms with Crippen molar-refractivity contribution >= 4 is 57.7 Å². The molecule has 3 aromatic rings. The molecule has 3 N–H and O–H groups in total. The molecule has 142 valence electrons. The molecule has 2 amide bonds. The number of fused-ring (bicyclic) bond motifs is 1. The first kappa shape index (κ1) is 18.8. The van der Waals surface area contributed by atoms with Crippen LogP contribution >= 0.6 is 34.5 Å². The van der Waals surface area contributed by atoms with Crippen LogP contribution in [0.2, 0.25) is 10.0 Å². The second-order valence-electron chi connectivity index (χ2n) is 6.21. The molecule has 1 aliphatic rings. The molecule has 2 aromatic carbocycles. The highest BCUT2D eigenvalue weighted by Crippen LogP contribution is 2.34. The number of hydrogen-bond acceptors (Lipinski definition) is 4. The Kier molecular flexibility index (Phi) is 5.52. The summed E-state index contributed by atoms with van der Waals surface area (Å²) in [7, 11) is 0. The summed E-state index contributed by atoms with van der Waals surface area (Å²) in [6, 6.07) is 16.6. The number of anilines is 2. The lowest BCUT2D eigenvalue weighted by Crippen LogP contribution is -2.29. The third kappa shape index (κ3) is 4.14. The Balaban J connectivity index is 1.53. The molecule has 1 atom stereocenters. The fraction of sp³-hybridized carbons (Fsp3) is 0.100. The monoisotopic (exact) mass is 430 g/mol. The second kappa shape index (κ2) is 8.22. The normalized spacial score (nSPS) is 16.9. The standard InChI is InChI=1S/C20H16Cl2N4OS/c21-12-7-8-16(14(22)10-12)24-20(27)26-25-17-11-18(19-6-3-9-28-19)23-15-5-2-1-4-13(15)17/h1-10,18,23H,11H2,(H2,24,26,27). The van der Waals surface area contributed by atoms with Gasteiger partial charge < -0.3 is 10.6 Å². The van der Waals surface area contributed by atoms with Crippen molar-refractivity contribution in [2.45, 2.75) is 12.5 Å². The van der Waals surface area contributed by atoms with Gasteiger partial charge in [-0.05, 0) is 35.7 Å². The number of amides is 2. The van der Waals surface area contributed by atoms with Crippen LogP contribution < -0.4 is 16.1 Å². The van der Waals surface area contributed by atoms with Gasteiger partial charge in [0.1, 0.15) is 0 Å². The zero-order valence-electron chi connectivity index (χ0n) is 14.6. The van der Waals surface area contributed by atoms with Gasteiger partial charge in [-0.15, -0.1) is 11.3 Å². The first-order valence-electron chi connectivity index (χ1n) is 8.58. The lowest BCUT2D eigenvalue weighted by atomic mass is 9.95. The van der Waals surface area contributed by atoms with Crippen molar-refractivity contribution < 1.29 is 4.79 Å². The molecular weight excluding hydrogens is 415 g/mol. The van der Waals surface area contributed by atoms with E-state index in [4.69, 9.17) is 23.2 Å². The SMILES string of the molecule is O=C(NN=C1CC(c2cccs2)Nc2ccccc21)Nc1ccc(Cl)cc1Cl. The van der Waals surface area contributed by atoms with Gasteiger partial charge in [0.05, 0.1) is 22.5 Å². The number of hydrazone groups is 1. The van der Waals surface area contributed by atoms with E-state index in [0.717, 1.165) is 17.0 Å². The van der Waals surface area contributed by atoms with E-state index in [-0.39, 0.29) is 6.04 Å². The number of benzene rings is 2. The molecule has 0 bridgehead atoms. The minimum atomic E-state index is -0.472. The van der Waals surface area contributed by atoms with E-state index < -0.39 is 6.03 Å². The van der Waals surface area contributed by atoms with Crippen LogP contribution in [0.5, 0.6) is 0 Å². The molecule has 1 aliphatic heterocycles. The molecule has 4 rings (SSSR count). The highest BCUT2D eigenvalue weighted by molar-refractivity contribution is 7.10. The number of carbonyl (C=O) groups excluding carboxylic acids is 1. The summed E-state index contributed by atoms with van der Waals surface area (Å²) in [4.78, 5) is 13.5. The third-order valence-corrected chi connectivity index (χ3v) is 5.86. The second-order valence-corrected chi connectivity index (χ2v) is 8.03.